The third-order valence-electron chi connectivity index (χ3n) is 3.06. The van der Waals surface area contributed by atoms with E-state index in [0.717, 1.165) is 30.0 Å². The molecule has 0 atom stereocenters. The molecule has 1 heterocycles. The number of hydrogen-bond acceptors (Lipinski definition) is 3. The number of halogens is 1. The monoisotopic (exact) mass is 273 g/mol. The van der Waals surface area contributed by atoms with Crippen LogP contribution in [0.5, 0.6) is 0 Å². The Morgan fingerprint density at radius 2 is 1.95 bits per heavy atom. The maximum absolute atomic E-state index is 12.9. The van der Waals surface area contributed by atoms with Gasteiger partial charge in [-0.2, -0.15) is 0 Å². The summed E-state index contributed by atoms with van der Waals surface area (Å²) in [4.78, 5) is 6.42. The molecule has 0 aliphatic heterocycles. The minimum absolute atomic E-state index is 0.217. The van der Waals surface area contributed by atoms with Crippen LogP contribution in [0.25, 0.3) is 0 Å². The lowest BCUT2D eigenvalue weighted by Crippen LogP contribution is -2.17. The van der Waals surface area contributed by atoms with Crippen molar-refractivity contribution in [3.63, 3.8) is 0 Å². The van der Waals surface area contributed by atoms with Crippen molar-refractivity contribution in [3.8, 4) is 0 Å². The summed E-state index contributed by atoms with van der Waals surface area (Å²) < 4.78 is 12.9. The van der Waals surface area contributed by atoms with E-state index in [1.807, 2.05) is 24.2 Å². The molecule has 0 aliphatic carbocycles. The average Bonchev–Trinajstić information content (AvgIpc) is 2.46. The number of rotatable bonds is 6. The highest BCUT2D eigenvalue weighted by atomic mass is 19.1. The van der Waals surface area contributed by atoms with Gasteiger partial charge in [-0.15, -0.1) is 0 Å². The normalized spacial score (nSPS) is 10.3. The van der Waals surface area contributed by atoms with Crippen LogP contribution < -0.4 is 10.2 Å². The van der Waals surface area contributed by atoms with Gasteiger partial charge in [0.25, 0.3) is 0 Å². The lowest BCUT2D eigenvalue weighted by atomic mass is 10.2. The third kappa shape index (κ3) is 3.95. The van der Waals surface area contributed by atoms with Gasteiger partial charge in [-0.3, -0.25) is 4.98 Å². The largest absolute Gasteiger partial charge is 0.385 e. The molecule has 0 fully saturated rings. The second-order valence-electron chi connectivity index (χ2n) is 4.80. The van der Waals surface area contributed by atoms with Gasteiger partial charge in [0.2, 0.25) is 0 Å². The first-order valence-electron chi connectivity index (χ1n) is 6.84. The Morgan fingerprint density at radius 3 is 2.65 bits per heavy atom. The number of anilines is 2. The second-order valence-corrected chi connectivity index (χ2v) is 4.80. The molecular weight excluding hydrogens is 253 g/mol. The Morgan fingerprint density at radius 1 is 1.20 bits per heavy atom. The predicted octanol–water partition coefficient (Wildman–Crippen LogP) is 3.68. The first-order valence-corrected chi connectivity index (χ1v) is 6.84. The fraction of sp³-hybridized carbons (Fsp3) is 0.312. The SMILES string of the molecule is CCCNc1ccnc(CN(C)c2ccc(F)cc2)c1. The van der Waals surface area contributed by atoms with Crippen LogP contribution >= 0.6 is 0 Å². The topological polar surface area (TPSA) is 28.2 Å². The van der Waals surface area contributed by atoms with Crippen molar-refractivity contribution in [2.75, 3.05) is 23.8 Å². The average molecular weight is 273 g/mol. The van der Waals surface area contributed by atoms with Gasteiger partial charge in [-0.05, 0) is 42.8 Å². The number of benzene rings is 1. The van der Waals surface area contributed by atoms with E-state index in [2.05, 4.69) is 23.3 Å². The molecule has 0 amide bonds. The molecule has 20 heavy (non-hydrogen) atoms. The van der Waals surface area contributed by atoms with Crippen LogP contribution in [0.2, 0.25) is 0 Å². The lowest BCUT2D eigenvalue weighted by molar-refractivity contribution is 0.627. The molecule has 0 spiro atoms. The molecule has 106 valence electrons. The molecule has 0 aliphatic rings. The van der Waals surface area contributed by atoms with Crippen LogP contribution in [0.4, 0.5) is 15.8 Å². The zero-order valence-corrected chi connectivity index (χ0v) is 11.9. The van der Waals surface area contributed by atoms with Gasteiger partial charge in [-0.25, -0.2) is 4.39 Å². The molecule has 1 aromatic heterocycles. The minimum Gasteiger partial charge on any atom is -0.385 e. The summed E-state index contributed by atoms with van der Waals surface area (Å²) in [6.45, 7) is 3.78. The number of hydrogen-bond donors (Lipinski definition) is 1. The van der Waals surface area contributed by atoms with Crippen LogP contribution in [0.3, 0.4) is 0 Å². The van der Waals surface area contributed by atoms with Crippen molar-refractivity contribution in [1.29, 1.82) is 0 Å². The van der Waals surface area contributed by atoms with Gasteiger partial charge in [0, 0.05) is 31.2 Å². The summed E-state index contributed by atoms with van der Waals surface area (Å²) in [5.74, 6) is -0.217. The quantitative estimate of drug-likeness (QED) is 0.870. The Bertz CT molecular complexity index is 540. The van der Waals surface area contributed by atoms with E-state index in [4.69, 9.17) is 0 Å². The zero-order chi connectivity index (χ0) is 14.4. The van der Waals surface area contributed by atoms with Crippen molar-refractivity contribution in [2.24, 2.45) is 0 Å². The van der Waals surface area contributed by atoms with Crippen LogP contribution in [0.1, 0.15) is 19.0 Å². The first-order chi connectivity index (χ1) is 9.69. The van der Waals surface area contributed by atoms with E-state index in [1.165, 1.54) is 12.1 Å². The van der Waals surface area contributed by atoms with E-state index in [9.17, 15) is 4.39 Å². The molecule has 2 aromatic rings. The highest BCUT2D eigenvalue weighted by Crippen LogP contribution is 2.16. The fourth-order valence-electron chi connectivity index (χ4n) is 1.97. The predicted molar refractivity (Wildman–Crippen MR) is 81.5 cm³/mol. The van der Waals surface area contributed by atoms with Gasteiger partial charge in [0.05, 0.1) is 12.2 Å². The molecule has 1 N–H and O–H groups in total. The molecule has 0 bridgehead atoms. The maximum Gasteiger partial charge on any atom is 0.123 e. The molecule has 1 aromatic carbocycles. The summed E-state index contributed by atoms with van der Waals surface area (Å²) in [6, 6.07) is 10.5. The van der Waals surface area contributed by atoms with Crippen molar-refractivity contribution >= 4 is 11.4 Å². The van der Waals surface area contributed by atoms with Gasteiger partial charge < -0.3 is 10.2 Å². The molecule has 0 saturated carbocycles. The molecular formula is C16H20FN3. The lowest BCUT2D eigenvalue weighted by Gasteiger charge is -2.19. The highest BCUT2D eigenvalue weighted by Gasteiger charge is 2.04. The third-order valence-corrected chi connectivity index (χ3v) is 3.06. The Balaban J connectivity index is 2.03. The van der Waals surface area contributed by atoms with Crippen molar-refractivity contribution < 1.29 is 4.39 Å². The number of nitrogens with zero attached hydrogens (tertiary/aromatic N) is 2. The Kier molecular flexibility index (Phi) is 4.93. The van der Waals surface area contributed by atoms with Crippen LogP contribution in [-0.4, -0.2) is 18.6 Å². The van der Waals surface area contributed by atoms with Gasteiger partial charge in [-0.1, -0.05) is 6.92 Å². The van der Waals surface area contributed by atoms with Gasteiger partial charge in [0.15, 0.2) is 0 Å². The van der Waals surface area contributed by atoms with Crippen molar-refractivity contribution in [1.82, 2.24) is 4.98 Å². The first kappa shape index (κ1) is 14.3. The summed E-state index contributed by atoms with van der Waals surface area (Å²) in [6.07, 6.45) is 2.90. The zero-order valence-electron chi connectivity index (χ0n) is 11.9. The maximum atomic E-state index is 12.9. The number of aromatic nitrogens is 1. The van der Waals surface area contributed by atoms with Gasteiger partial charge in [0.1, 0.15) is 5.82 Å². The number of pyridine rings is 1. The van der Waals surface area contributed by atoms with E-state index in [-0.39, 0.29) is 5.82 Å². The summed E-state index contributed by atoms with van der Waals surface area (Å²) in [5.41, 5.74) is 3.04. The van der Waals surface area contributed by atoms with E-state index >= 15 is 0 Å². The molecule has 0 saturated heterocycles. The second kappa shape index (κ2) is 6.89. The van der Waals surface area contributed by atoms with Crippen molar-refractivity contribution in [2.45, 2.75) is 19.9 Å². The minimum atomic E-state index is -0.217. The van der Waals surface area contributed by atoms with E-state index < -0.39 is 0 Å². The molecule has 0 radical (unpaired) electrons. The Labute approximate surface area is 119 Å². The molecule has 3 nitrogen and oxygen atoms in total. The van der Waals surface area contributed by atoms with E-state index in [1.54, 1.807) is 12.1 Å². The number of nitrogens with one attached hydrogen (secondary N) is 1. The fourth-order valence-corrected chi connectivity index (χ4v) is 1.97. The summed E-state index contributed by atoms with van der Waals surface area (Å²) in [5, 5.41) is 3.35. The molecule has 2 rings (SSSR count). The standard InChI is InChI=1S/C16H20FN3/c1-3-9-18-14-8-10-19-15(11-14)12-20(2)16-6-4-13(17)5-7-16/h4-8,10-11H,3,9,12H2,1-2H3,(H,18,19). The molecule has 0 unspecified atom stereocenters. The highest BCUT2D eigenvalue weighted by molar-refractivity contribution is 5.47. The van der Waals surface area contributed by atoms with Crippen LogP contribution in [-0.2, 0) is 6.54 Å². The van der Waals surface area contributed by atoms with Gasteiger partial charge >= 0.3 is 0 Å². The van der Waals surface area contributed by atoms with Crippen LogP contribution in [0.15, 0.2) is 42.6 Å². The van der Waals surface area contributed by atoms with Crippen LogP contribution in [0, 0.1) is 5.82 Å². The van der Waals surface area contributed by atoms with E-state index in [0.29, 0.717) is 6.54 Å². The smallest absolute Gasteiger partial charge is 0.123 e. The van der Waals surface area contributed by atoms with Crippen molar-refractivity contribution in [3.05, 3.63) is 54.1 Å². The summed E-state index contributed by atoms with van der Waals surface area (Å²) in [7, 11) is 1.97. The summed E-state index contributed by atoms with van der Waals surface area (Å²) >= 11 is 0. The Hall–Kier alpha value is -2.10. The molecule has 4 heteroatoms.